The van der Waals surface area contributed by atoms with Gasteiger partial charge in [0.25, 0.3) is 0 Å². The van der Waals surface area contributed by atoms with E-state index in [1.54, 1.807) is 0 Å². The largest absolute Gasteiger partial charge is 0.396 e. The third-order valence-electron chi connectivity index (χ3n) is 3.04. The van der Waals surface area contributed by atoms with E-state index in [1.807, 2.05) is 0 Å². The second-order valence-corrected chi connectivity index (χ2v) is 3.83. The zero-order valence-electron chi connectivity index (χ0n) is 7.55. The van der Waals surface area contributed by atoms with Crippen molar-refractivity contribution in [2.24, 2.45) is 11.8 Å². The van der Waals surface area contributed by atoms with E-state index >= 15 is 0 Å². The fraction of sp³-hybridized carbons (Fsp3) is 1.00. The minimum atomic E-state index is 0.413. The van der Waals surface area contributed by atoms with Gasteiger partial charge in [-0.1, -0.05) is 32.6 Å². The van der Waals surface area contributed by atoms with E-state index in [4.69, 9.17) is 5.11 Å². The minimum absolute atomic E-state index is 0.413. The summed E-state index contributed by atoms with van der Waals surface area (Å²) in [5.41, 5.74) is 0. The lowest BCUT2D eigenvalue weighted by atomic mass is 9.97. The van der Waals surface area contributed by atoms with Crippen LogP contribution in [0.3, 0.4) is 0 Å². The molecule has 2 unspecified atom stereocenters. The van der Waals surface area contributed by atoms with E-state index in [2.05, 4.69) is 6.92 Å². The molecule has 1 heteroatoms. The summed E-state index contributed by atoms with van der Waals surface area (Å²) in [6.07, 6.45) is 7.93. The summed E-state index contributed by atoms with van der Waals surface area (Å²) < 4.78 is 0. The number of rotatable bonds is 2. The Morgan fingerprint density at radius 3 is 2.36 bits per heavy atom. The molecule has 0 spiro atoms. The summed E-state index contributed by atoms with van der Waals surface area (Å²) in [5.74, 6) is 1.57. The number of hydrogen-bond donors (Lipinski definition) is 1. The molecule has 0 aromatic heterocycles. The zero-order chi connectivity index (χ0) is 8.10. The lowest BCUT2D eigenvalue weighted by molar-refractivity contribution is 0.211. The smallest absolute Gasteiger partial charge is 0.0459 e. The Morgan fingerprint density at radius 2 is 1.73 bits per heavy atom. The first-order valence-corrected chi connectivity index (χ1v) is 4.97. The second-order valence-electron chi connectivity index (χ2n) is 3.83. The molecule has 11 heavy (non-hydrogen) atoms. The molecule has 0 heterocycles. The second kappa shape index (κ2) is 4.76. The molecule has 0 amide bonds. The summed E-state index contributed by atoms with van der Waals surface area (Å²) >= 11 is 0. The third kappa shape index (κ3) is 2.82. The molecule has 1 N–H and O–H groups in total. The van der Waals surface area contributed by atoms with Crippen molar-refractivity contribution in [2.75, 3.05) is 6.61 Å². The van der Waals surface area contributed by atoms with Gasteiger partial charge in [0.2, 0.25) is 0 Å². The summed E-state index contributed by atoms with van der Waals surface area (Å²) in [6.45, 7) is 2.69. The maximum atomic E-state index is 8.97. The SMILES string of the molecule is CCC1CCCC(CO)CC1. The average molecular weight is 156 g/mol. The Bertz CT molecular complexity index is 89.0. The van der Waals surface area contributed by atoms with Gasteiger partial charge in [-0.3, -0.25) is 0 Å². The van der Waals surface area contributed by atoms with Crippen LogP contribution in [0, 0.1) is 11.8 Å². The molecule has 1 aliphatic carbocycles. The topological polar surface area (TPSA) is 20.2 Å². The Labute approximate surface area is 69.8 Å². The number of aliphatic hydroxyl groups is 1. The van der Waals surface area contributed by atoms with Crippen LogP contribution in [0.25, 0.3) is 0 Å². The minimum Gasteiger partial charge on any atom is -0.396 e. The van der Waals surface area contributed by atoms with Gasteiger partial charge in [-0.05, 0) is 24.7 Å². The van der Waals surface area contributed by atoms with Gasteiger partial charge < -0.3 is 5.11 Å². The number of aliphatic hydroxyl groups excluding tert-OH is 1. The van der Waals surface area contributed by atoms with E-state index in [0.29, 0.717) is 12.5 Å². The Kier molecular flexibility index (Phi) is 3.92. The van der Waals surface area contributed by atoms with Gasteiger partial charge in [-0.25, -0.2) is 0 Å². The maximum absolute atomic E-state index is 8.97. The van der Waals surface area contributed by atoms with Gasteiger partial charge in [0.05, 0.1) is 0 Å². The van der Waals surface area contributed by atoms with Crippen molar-refractivity contribution < 1.29 is 5.11 Å². The Morgan fingerprint density at radius 1 is 1.09 bits per heavy atom. The first-order valence-electron chi connectivity index (χ1n) is 4.97. The van der Waals surface area contributed by atoms with Crippen molar-refractivity contribution in [2.45, 2.75) is 45.4 Å². The van der Waals surface area contributed by atoms with Crippen LogP contribution >= 0.6 is 0 Å². The summed E-state index contributed by atoms with van der Waals surface area (Å²) in [5, 5.41) is 8.97. The molecule has 1 nitrogen and oxygen atoms in total. The molecule has 1 rings (SSSR count). The standard InChI is InChI=1S/C10H20O/c1-2-9-4-3-5-10(8-11)7-6-9/h9-11H,2-8H2,1H3. The molecule has 2 atom stereocenters. The average Bonchev–Trinajstić information content (AvgIpc) is 2.28. The van der Waals surface area contributed by atoms with Gasteiger partial charge in [-0.2, -0.15) is 0 Å². The van der Waals surface area contributed by atoms with E-state index in [1.165, 1.54) is 38.5 Å². The van der Waals surface area contributed by atoms with Crippen molar-refractivity contribution in [1.82, 2.24) is 0 Å². The predicted octanol–water partition coefficient (Wildman–Crippen LogP) is 2.59. The van der Waals surface area contributed by atoms with Crippen LogP contribution in [-0.4, -0.2) is 11.7 Å². The van der Waals surface area contributed by atoms with Gasteiger partial charge in [0.1, 0.15) is 0 Å². The van der Waals surface area contributed by atoms with E-state index in [-0.39, 0.29) is 0 Å². The van der Waals surface area contributed by atoms with Crippen LogP contribution < -0.4 is 0 Å². The summed E-state index contributed by atoms with van der Waals surface area (Å²) in [7, 11) is 0. The molecule has 0 aromatic rings. The quantitative estimate of drug-likeness (QED) is 0.609. The molecular weight excluding hydrogens is 136 g/mol. The molecule has 0 radical (unpaired) electrons. The molecule has 66 valence electrons. The van der Waals surface area contributed by atoms with Crippen molar-refractivity contribution in [3.8, 4) is 0 Å². The first kappa shape index (κ1) is 9.05. The van der Waals surface area contributed by atoms with Crippen LogP contribution in [0.2, 0.25) is 0 Å². The van der Waals surface area contributed by atoms with E-state index in [0.717, 1.165) is 5.92 Å². The highest BCUT2D eigenvalue weighted by Crippen LogP contribution is 2.28. The van der Waals surface area contributed by atoms with Gasteiger partial charge in [-0.15, -0.1) is 0 Å². The summed E-state index contributed by atoms with van der Waals surface area (Å²) in [6, 6.07) is 0. The lowest BCUT2D eigenvalue weighted by Crippen LogP contribution is -2.04. The van der Waals surface area contributed by atoms with Gasteiger partial charge in [0, 0.05) is 6.61 Å². The van der Waals surface area contributed by atoms with Gasteiger partial charge >= 0.3 is 0 Å². The molecule has 0 aromatic carbocycles. The molecular formula is C10H20O. The third-order valence-corrected chi connectivity index (χ3v) is 3.04. The van der Waals surface area contributed by atoms with Crippen molar-refractivity contribution in [3.63, 3.8) is 0 Å². The van der Waals surface area contributed by atoms with Gasteiger partial charge in [0.15, 0.2) is 0 Å². The lowest BCUT2D eigenvalue weighted by Gasteiger charge is -2.10. The van der Waals surface area contributed by atoms with Crippen LogP contribution in [0.5, 0.6) is 0 Å². The zero-order valence-corrected chi connectivity index (χ0v) is 7.55. The van der Waals surface area contributed by atoms with E-state index in [9.17, 15) is 0 Å². The van der Waals surface area contributed by atoms with Crippen molar-refractivity contribution >= 4 is 0 Å². The van der Waals surface area contributed by atoms with Crippen molar-refractivity contribution in [1.29, 1.82) is 0 Å². The van der Waals surface area contributed by atoms with E-state index < -0.39 is 0 Å². The number of hydrogen-bond acceptors (Lipinski definition) is 1. The normalized spacial score (nSPS) is 33.3. The fourth-order valence-corrected chi connectivity index (χ4v) is 2.05. The van der Waals surface area contributed by atoms with Crippen LogP contribution in [0.1, 0.15) is 45.4 Å². The maximum Gasteiger partial charge on any atom is 0.0459 e. The highest BCUT2D eigenvalue weighted by Gasteiger charge is 2.16. The molecule has 1 fully saturated rings. The first-order chi connectivity index (χ1) is 5.36. The Hall–Kier alpha value is -0.0400. The fourth-order valence-electron chi connectivity index (χ4n) is 2.05. The molecule has 1 saturated carbocycles. The highest BCUT2D eigenvalue weighted by molar-refractivity contribution is 4.68. The molecule has 1 aliphatic rings. The molecule has 0 aliphatic heterocycles. The predicted molar refractivity (Wildman–Crippen MR) is 47.4 cm³/mol. The van der Waals surface area contributed by atoms with Crippen LogP contribution in [0.15, 0.2) is 0 Å². The molecule has 0 saturated heterocycles. The van der Waals surface area contributed by atoms with Crippen molar-refractivity contribution in [3.05, 3.63) is 0 Å². The monoisotopic (exact) mass is 156 g/mol. The van der Waals surface area contributed by atoms with Crippen LogP contribution in [0.4, 0.5) is 0 Å². The summed E-state index contributed by atoms with van der Waals surface area (Å²) in [4.78, 5) is 0. The molecule has 0 bridgehead atoms. The Balaban J connectivity index is 2.27. The van der Waals surface area contributed by atoms with Crippen LogP contribution in [-0.2, 0) is 0 Å². The highest BCUT2D eigenvalue weighted by atomic mass is 16.3.